The number of benzene rings is 1. The molecule has 0 aliphatic carbocycles. The van der Waals surface area contributed by atoms with Crippen molar-refractivity contribution >= 4 is 17.3 Å². The van der Waals surface area contributed by atoms with Gasteiger partial charge in [0, 0.05) is 24.5 Å². The second-order valence-electron chi connectivity index (χ2n) is 5.42. The van der Waals surface area contributed by atoms with Crippen LogP contribution in [0.4, 0.5) is 11.4 Å². The van der Waals surface area contributed by atoms with Crippen molar-refractivity contribution in [1.29, 1.82) is 0 Å². The third kappa shape index (κ3) is 2.83. The number of anilines is 2. The van der Waals surface area contributed by atoms with Crippen LogP contribution in [0.1, 0.15) is 42.1 Å². The van der Waals surface area contributed by atoms with Crippen molar-refractivity contribution in [2.75, 3.05) is 23.7 Å². The molecule has 0 radical (unpaired) electrons. The van der Waals surface area contributed by atoms with Crippen LogP contribution >= 0.6 is 0 Å². The van der Waals surface area contributed by atoms with Gasteiger partial charge >= 0.3 is 5.97 Å². The van der Waals surface area contributed by atoms with Gasteiger partial charge in [0.05, 0.1) is 5.56 Å². The molecule has 1 saturated heterocycles. The number of nitrogens with two attached hydrogens (primary N) is 1. The zero-order valence-corrected chi connectivity index (χ0v) is 11.6. The molecular weight excluding hydrogens is 240 g/mol. The largest absolute Gasteiger partial charge is 0.478 e. The molecule has 1 unspecified atom stereocenters. The Morgan fingerprint density at radius 2 is 2.26 bits per heavy atom. The molecule has 1 atom stereocenters. The van der Waals surface area contributed by atoms with E-state index >= 15 is 0 Å². The van der Waals surface area contributed by atoms with E-state index in [4.69, 9.17) is 5.73 Å². The lowest BCUT2D eigenvalue weighted by Gasteiger charge is -2.21. The number of carbonyl (C=O) groups is 1. The van der Waals surface area contributed by atoms with Gasteiger partial charge < -0.3 is 15.7 Å². The van der Waals surface area contributed by atoms with E-state index in [-0.39, 0.29) is 5.56 Å². The van der Waals surface area contributed by atoms with E-state index in [0.717, 1.165) is 30.3 Å². The number of carboxylic acid groups (broad SMARTS) is 1. The van der Waals surface area contributed by atoms with E-state index in [9.17, 15) is 9.90 Å². The highest BCUT2D eigenvalue weighted by molar-refractivity contribution is 5.95. The number of rotatable bonds is 4. The second-order valence-corrected chi connectivity index (χ2v) is 5.42. The molecule has 1 fully saturated rings. The predicted octanol–water partition coefficient (Wildman–Crippen LogP) is 2.90. The highest BCUT2D eigenvalue weighted by Gasteiger charge is 2.23. The molecule has 0 aromatic heterocycles. The summed E-state index contributed by atoms with van der Waals surface area (Å²) >= 11 is 0. The molecule has 1 aromatic carbocycles. The molecule has 1 aromatic rings. The smallest absolute Gasteiger partial charge is 0.337 e. The number of nitrogens with zero attached hydrogens (tertiary/aromatic N) is 1. The zero-order chi connectivity index (χ0) is 14.0. The van der Waals surface area contributed by atoms with Crippen LogP contribution in [0.5, 0.6) is 0 Å². The van der Waals surface area contributed by atoms with E-state index in [2.05, 4.69) is 11.8 Å². The van der Waals surface area contributed by atoms with Gasteiger partial charge in [0.25, 0.3) is 0 Å². The van der Waals surface area contributed by atoms with Crippen LogP contribution in [0.15, 0.2) is 12.1 Å². The van der Waals surface area contributed by atoms with E-state index in [1.165, 1.54) is 19.3 Å². The maximum absolute atomic E-state index is 11.2. The fraction of sp³-hybridized carbons (Fsp3) is 0.533. The topological polar surface area (TPSA) is 66.6 Å². The van der Waals surface area contributed by atoms with Gasteiger partial charge in [-0.2, -0.15) is 0 Å². The van der Waals surface area contributed by atoms with Crippen LogP contribution in [-0.2, 0) is 0 Å². The van der Waals surface area contributed by atoms with Gasteiger partial charge in [0.1, 0.15) is 0 Å². The number of hydrogen-bond donors (Lipinski definition) is 2. The van der Waals surface area contributed by atoms with E-state index < -0.39 is 5.97 Å². The second kappa shape index (κ2) is 5.51. The first-order chi connectivity index (χ1) is 9.02. The Kier molecular flexibility index (Phi) is 3.98. The van der Waals surface area contributed by atoms with Crippen molar-refractivity contribution in [3.05, 3.63) is 23.3 Å². The van der Waals surface area contributed by atoms with Crippen LogP contribution in [0.3, 0.4) is 0 Å². The highest BCUT2D eigenvalue weighted by atomic mass is 16.4. The Hall–Kier alpha value is -1.71. The quantitative estimate of drug-likeness (QED) is 0.819. The van der Waals surface area contributed by atoms with Crippen LogP contribution in [0.25, 0.3) is 0 Å². The normalized spacial score (nSPS) is 18.8. The first kappa shape index (κ1) is 13.7. The van der Waals surface area contributed by atoms with Crippen molar-refractivity contribution in [2.45, 2.75) is 33.1 Å². The highest BCUT2D eigenvalue weighted by Crippen LogP contribution is 2.30. The minimum absolute atomic E-state index is 0.217. The van der Waals surface area contributed by atoms with Gasteiger partial charge in [-0.25, -0.2) is 4.79 Å². The monoisotopic (exact) mass is 262 g/mol. The predicted molar refractivity (Wildman–Crippen MR) is 77.8 cm³/mol. The number of aromatic carboxylic acids is 1. The van der Waals surface area contributed by atoms with Crippen LogP contribution in [0, 0.1) is 12.8 Å². The Morgan fingerprint density at radius 3 is 2.89 bits per heavy atom. The Bertz CT molecular complexity index is 485. The van der Waals surface area contributed by atoms with Crippen molar-refractivity contribution in [2.24, 2.45) is 5.92 Å². The fourth-order valence-corrected chi connectivity index (χ4v) is 2.85. The molecule has 4 nitrogen and oxygen atoms in total. The van der Waals surface area contributed by atoms with Gasteiger partial charge in [0.2, 0.25) is 0 Å². The molecule has 1 aliphatic heterocycles. The summed E-state index contributed by atoms with van der Waals surface area (Å²) in [5.41, 5.74) is 8.25. The average Bonchev–Trinajstić information content (AvgIpc) is 2.81. The third-order valence-corrected chi connectivity index (χ3v) is 3.95. The zero-order valence-electron chi connectivity index (χ0n) is 11.6. The maximum Gasteiger partial charge on any atom is 0.337 e. The number of nitrogen functional groups attached to an aromatic ring is 1. The van der Waals surface area contributed by atoms with Crippen LogP contribution < -0.4 is 10.6 Å². The summed E-state index contributed by atoms with van der Waals surface area (Å²) in [5.74, 6) is -0.220. The lowest BCUT2D eigenvalue weighted by atomic mass is 10.0. The molecule has 0 saturated carbocycles. The molecule has 104 valence electrons. The standard InChI is InChI=1S/C15H22N2O2/c1-3-4-11-5-6-17(9-11)12-7-10(2)14(16)13(8-12)15(18)19/h7-8,11H,3-6,9,16H2,1-2H3,(H,18,19). The van der Waals surface area contributed by atoms with Crippen LogP contribution in [-0.4, -0.2) is 24.2 Å². The van der Waals surface area contributed by atoms with Crippen LogP contribution in [0.2, 0.25) is 0 Å². The number of hydrogen-bond acceptors (Lipinski definition) is 3. The molecule has 19 heavy (non-hydrogen) atoms. The minimum atomic E-state index is -0.952. The summed E-state index contributed by atoms with van der Waals surface area (Å²) in [7, 11) is 0. The van der Waals surface area contributed by atoms with Gasteiger partial charge in [0.15, 0.2) is 0 Å². The Labute approximate surface area is 114 Å². The summed E-state index contributed by atoms with van der Waals surface area (Å²) in [6.07, 6.45) is 3.65. The lowest BCUT2D eigenvalue weighted by Crippen LogP contribution is -2.20. The number of carboxylic acids is 1. The molecule has 3 N–H and O–H groups in total. The van der Waals surface area contributed by atoms with Crippen molar-refractivity contribution < 1.29 is 9.90 Å². The van der Waals surface area contributed by atoms with Gasteiger partial charge in [-0.3, -0.25) is 0 Å². The molecule has 2 rings (SSSR count). The molecule has 1 aliphatic rings. The van der Waals surface area contributed by atoms with E-state index in [1.807, 2.05) is 13.0 Å². The molecule has 4 heteroatoms. The fourth-order valence-electron chi connectivity index (χ4n) is 2.85. The summed E-state index contributed by atoms with van der Waals surface area (Å²) in [6.45, 7) is 6.10. The average molecular weight is 262 g/mol. The summed E-state index contributed by atoms with van der Waals surface area (Å²) < 4.78 is 0. The van der Waals surface area contributed by atoms with Gasteiger partial charge in [-0.1, -0.05) is 13.3 Å². The summed E-state index contributed by atoms with van der Waals surface area (Å²) in [4.78, 5) is 13.5. The Balaban J connectivity index is 2.24. The van der Waals surface area contributed by atoms with Crippen molar-refractivity contribution in [3.8, 4) is 0 Å². The molecule has 0 amide bonds. The van der Waals surface area contributed by atoms with E-state index in [1.54, 1.807) is 6.07 Å². The van der Waals surface area contributed by atoms with Crippen molar-refractivity contribution in [3.63, 3.8) is 0 Å². The van der Waals surface area contributed by atoms with Crippen molar-refractivity contribution in [1.82, 2.24) is 0 Å². The summed E-state index contributed by atoms with van der Waals surface area (Å²) in [6, 6.07) is 3.70. The summed E-state index contributed by atoms with van der Waals surface area (Å²) in [5, 5.41) is 9.20. The SMILES string of the molecule is CCCC1CCN(c2cc(C)c(N)c(C(=O)O)c2)C1. The molecule has 1 heterocycles. The van der Waals surface area contributed by atoms with Gasteiger partial charge in [-0.05, 0) is 43.4 Å². The maximum atomic E-state index is 11.2. The third-order valence-electron chi connectivity index (χ3n) is 3.95. The Morgan fingerprint density at radius 1 is 1.53 bits per heavy atom. The lowest BCUT2D eigenvalue weighted by molar-refractivity contribution is 0.0698. The number of aryl methyl sites for hydroxylation is 1. The molecule has 0 spiro atoms. The molecule has 0 bridgehead atoms. The first-order valence-corrected chi connectivity index (χ1v) is 6.91. The molecular formula is C15H22N2O2. The van der Waals surface area contributed by atoms with Gasteiger partial charge in [-0.15, -0.1) is 0 Å². The minimum Gasteiger partial charge on any atom is -0.478 e. The first-order valence-electron chi connectivity index (χ1n) is 6.91. The van der Waals surface area contributed by atoms with E-state index in [0.29, 0.717) is 5.69 Å².